The van der Waals surface area contributed by atoms with Crippen LogP contribution in [0.15, 0.2) is 29.4 Å². The van der Waals surface area contributed by atoms with Crippen molar-refractivity contribution in [2.45, 2.75) is 38.6 Å². The molecule has 3 N–H and O–H groups in total. The van der Waals surface area contributed by atoms with E-state index in [1.54, 1.807) is 0 Å². The van der Waals surface area contributed by atoms with Gasteiger partial charge in [-0.25, -0.2) is 0 Å². The maximum Gasteiger partial charge on any atom is 0.161 e. The number of hydrogen-bond donors (Lipinski definition) is 2. The first kappa shape index (κ1) is 12.7. The highest BCUT2D eigenvalue weighted by Gasteiger charge is 2.24. The second-order valence-corrected chi connectivity index (χ2v) is 4.73. The van der Waals surface area contributed by atoms with Crippen LogP contribution in [0.1, 0.15) is 31.7 Å². The molecule has 0 saturated carbocycles. The highest BCUT2D eigenvalue weighted by atomic mass is 16.4. The molecule has 1 unspecified atom stereocenters. The van der Waals surface area contributed by atoms with Crippen molar-refractivity contribution in [1.29, 1.82) is 0 Å². The van der Waals surface area contributed by atoms with Gasteiger partial charge in [-0.15, -0.1) is 0 Å². The monoisotopic (exact) mass is 247 g/mol. The Morgan fingerprint density at radius 3 is 2.94 bits per heavy atom. The Kier molecular flexibility index (Phi) is 4.07. The zero-order chi connectivity index (χ0) is 13.0. The first-order chi connectivity index (χ1) is 8.77. The quantitative estimate of drug-likeness (QED) is 0.373. The second-order valence-electron chi connectivity index (χ2n) is 4.73. The molecule has 0 spiro atoms. The number of hydrogen-bond acceptors (Lipinski definition) is 3. The number of nitrogens with zero attached hydrogens (tertiary/aromatic N) is 2. The number of benzene rings is 1. The summed E-state index contributed by atoms with van der Waals surface area (Å²) in [5, 5.41) is 12.1. The molecule has 1 heterocycles. The normalized spacial score (nSPS) is 18.1. The third-order valence-electron chi connectivity index (χ3n) is 3.62. The van der Waals surface area contributed by atoms with E-state index in [1.165, 1.54) is 17.7 Å². The summed E-state index contributed by atoms with van der Waals surface area (Å²) in [5.74, 6) is 0.300. The lowest BCUT2D eigenvalue weighted by atomic mass is 10.1. The van der Waals surface area contributed by atoms with E-state index < -0.39 is 0 Å². The fraction of sp³-hybridized carbons (Fsp3) is 0.500. The Morgan fingerprint density at radius 1 is 1.44 bits per heavy atom. The SMILES string of the molecule is CCC(C(N)=NO)N1CCCCc2ccccc21. The minimum absolute atomic E-state index is 0.0192. The van der Waals surface area contributed by atoms with Crippen molar-refractivity contribution in [1.82, 2.24) is 0 Å². The Morgan fingerprint density at radius 2 is 2.22 bits per heavy atom. The third kappa shape index (κ3) is 2.42. The Hall–Kier alpha value is -1.71. The van der Waals surface area contributed by atoms with Gasteiger partial charge in [-0.2, -0.15) is 0 Å². The van der Waals surface area contributed by atoms with Crippen molar-refractivity contribution in [3.8, 4) is 0 Å². The van der Waals surface area contributed by atoms with Crippen LogP contribution in [0, 0.1) is 0 Å². The van der Waals surface area contributed by atoms with Crippen LogP contribution in [0.3, 0.4) is 0 Å². The lowest BCUT2D eigenvalue weighted by molar-refractivity contribution is 0.315. The van der Waals surface area contributed by atoms with Gasteiger partial charge < -0.3 is 15.8 Å². The lowest BCUT2D eigenvalue weighted by Gasteiger charge is -2.32. The van der Waals surface area contributed by atoms with Crippen molar-refractivity contribution in [2.75, 3.05) is 11.4 Å². The third-order valence-corrected chi connectivity index (χ3v) is 3.62. The highest BCUT2D eigenvalue weighted by Crippen LogP contribution is 2.28. The molecule has 1 aromatic carbocycles. The average Bonchev–Trinajstić information content (AvgIpc) is 2.62. The van der Waals surface area contributed by atoms with Gasteiger partial charge in [0.1, 0.15) is 0 Å². The summed E-state index contributed by atoms with van der Waals surface area (Å²) >= 11 is 0. The van der Waals surface area contributed by atoms with Crippen molar-refractivity contribution in [3.05, 3.63) is 29.8 Å². The van der Waals surface area contributed by atoms with Crippen LogP contribution in [0.2, 0.25) is 0 Å². The summed E-state index contributed by atoms with van der Waals surface area (Å²) in [7, 11) is 0. The molecular weight excluding hydrogens is 226 g/mol. The molecule has 1 aromatic rings. The molecule has 2 rings (SSSR count). The number of aryl methyl sites for hydroxylation is 1. The molecule has 4 heteroatoms. The van der Waals surface area contributed by atoms with Gasteiger partial charge in [0, 0.05) is 12.2 Å². The first-order valence-corrected chi connectivity index (χ1v) is 6.60. The molecule has 0 aromatic heterocycles. The average molecular weight is 247 g/mol. The molecule has 0 radical (unpaired) electrons. The van der Waals surface area contributed by atoms with Crippen LogP contribution in [-0.2, 0) is 6.42 Å². The molecule has 1 atom stereocenters. The Balaban J connectivity index is 2.37. The van der Waals surface area contributed by atoms with Crippen molar-refractivity contribution < 1.29 is 5.21 Å². The van der Waals surface area contributed by atoms with Crippen molar-refractivity contribution in [3.63, 3.8) is 0 Å². The largest absolute Gasteiger partial charge is 0.409 e. The topological polar surface area (TPSA) is 61.9 Å². The van der Waals surface area contributed by atoms with E-state index >= 15 is 0 Å². The van der Waals surface area contributed by atoms with E-state index in [-0.39, 0.29) is 6.04 Å². The fourth-order valence-corrected chi connectivity index (χ4v) is 2.70. The summed E-state index contributed by atoms with van der Waals surface area (Å²) < 4.78 is 0. The van der Waals surface area contributed by atoms with Gasteiger partial charge in [0.25, 0.3) is 0 Å². The minimum atomic E-state index is -0.0192. The van der Waals surface area contributed by atoms with Crippen molar-refractivity contribution in [2.24, 2.45) is 10.9 Å². The number of rotatable bonds is 3. The summed E-state index contributed by atoms with van der Waals surface area (Å²) in [6, 6.07) is 8.41. The molecule has 0 bridgehead atoms. The van der Waals surface area contributed by atoms with Gasteiger partial charge in [-0.1, -0.05) is 30.3 Å². The highest BCUT2D eigenvalue weighted by molar-refractivity contribution is 5.88. The molecule has 4 nitrogen and oxygen atoms in total. The number of nitrogens with two attached hydrogens (primary N) is 1. The smallest absolute Gasteiger partial charge is 0.161 e. The molecule has 98 valence electrons. The van der Waals surface area contributed by atoms with E-state index in [0.29, 0.717) is 5.84 Å². The first-order valence-electron chi connectivity index (χ1n) is 6.60. The summed E-state index contributed by atoms with van der Waals surface area (Å²) in [4.78, 5) is 2.28. The van der Waals surface area contributed by atoms with E-state index in [9.17, 15) is 0 Å². The molecule has 18 heavy (non-hydrogen) atoms. The van der Waals surface area contributed by atoms with E-state index in [2.05, 4.69) is 41.2 Å². The second kappa shape index (κ2) is 5.76. The maximum atomic E-state index is 8.92. The minimum Gasteiger partial charge on any atom is -0.409 e. The molecular formula is C14H21N3O. The van der Waals surface area contributed by atoms with E-state index in [4.69, 9.17) is 10.9 Å². The zero-order valence-electron chi connectivity index (χ0n) is 10.8. The van der Waals surface area contributed by atoms with Gasteiger partial charge >= 0.3 is 0 Å². The predicted octanol–water partition coefficient (Wildman–Crippen LogP) is 2.35. The van der Waals surface area contributed by atoms with E-state index in [0.717, 1.165) is 25.8 Å². The molecule has 0 fully saturated rings. The van der Waals surface area contributed by atoms with Crippen LogP contribution in [0.5, 0.6) is 0 Å². The molecule has 0 aliphatic carbocycles. The molecule has 1 aliphatic rings. The maximum absolute atomic E-state index is 8.92. The number of anilines is 1. The number of fused-ring (bicyclic) bond motifs is 1. The van der Waals surface area contributed by atoms with Crippen LogP contribution in [0.25, 0.3) is 0 Å². The predicted molar refractivity (Wildman–Crippen MR) is 74.2 cm³/mol. The van der Waals surface area contributed by atoms with Crippen LogP contribution < -0.4 is 10.6 Å². The molecule has 1 aliphatic heterocycles. The van der Waals surface area contributed by atoms with Gasteiger partial charge in [0.05, 0.1) is 6.04 Å². The lowest BCUT2D eigenvalue weighted by Crippen LogP contribution is -2.45. The van der Waals surface area contributed by atoms with E-state index in [1.807, 2.05) is 0 Å². The van der Waals surface area contributed by atoms with Gasteiger partial charge in [0.2, 0.25) is 0 Å². The summed E-state index contributed by atoms with van der Waals surface area (Å²) in [5.41, 5.74) is 8.42. The van der Waals surface area contributed by atoms with Crippen LogP contribution in [0.4, 0.5) is 5.69 Å². The standard InChI is InChI=1S/C14H21N3O/c1-2-12(14(15)16-18)17-10-6-5-8-11-7-3-4-9-13(11)17/h3-4,7,9,12,18H,2,5-6,8,10H2,1H3,(H2,15,16). The fourth-order valence-electron chi connectivity index (χ4n) is 2.70. The summed E-state index contributed by atoms with van der Waals surface area (Å²) in [6.45, 7) is 3.03. The van der Waals surface area contributed by atoms with Crippen LogP contribution in [-0.4, -0.2) is 23.6 Å². The molecule has 0 amide bonds. The Bertz CT molecular complexity index is 431. The Labute approximate surface area is 108 Å². The van der Waals surface area contributed by atoms with Gasteiger partial charge in [-0.3, -0.25) is 0 Å². The molecule has 0 saturated heterocycles. The van der Waals surface area contributed by atoms with Crippen molar-refractivity contribution >= 4 is 11.5 Å². The number of para-hydroxylation sites is 1. The van der Waals surface area contributed by atoms with Crippen LogP contribution >= 0.6 is 0 Å². The zero-order valence-corrected chi connectivity index (χ0v) is 10.8. The number of amidine groups is 1. The number of oxime groups is 1. The summed E-state index contributed by atoms with van der Waals surface area (Å²) in [6.07, 6.45) is 4.29. The van der Waals surface area contributed by atoms with Gasteiger partial charge in [-0.05, 0) is 37.3 Å². The van der Waals surface area contributed by atoms with Gasteiger partial charge in [0.15, 0.2) is 5.84 Å².